The Morgan fingerprint density at radius 2 is 2.16 bits per heavy atom. The summed E-state index contributed by atoms with van der Waals surface area (Å²) in [7, 11) is 0. The van der Waals surface area contributed by atoms with Crippen molar-refractivity contribution in [3.63, 3.8) is 0 Å². The van der Waals surface area contributed by atoms with Crippen molar-refractivity contribution >= 4 is 23.0 Å². The number of nitrogen functional groups attached to an aromatic ring is 1. The molecule has 0 aromatic heterocycles. The molecule has 0 radical (unpaired) electrons. The van der Waals surface area contributed by atoms with Crippen molar-refractivity contribution in [3.05, 3.63) is 23.0 Å². The van der Waals surface area contributed by atoms with Crippen molar-refractivity contribution in [2.45, 2.75) is 38.6 Å². The van der Waals surface area contributed by atoms with E-state index in [0.29, 0.717) is 23.3 Å². The van der Waals surface area contributed by atoms with Gasteiger partial charge < -0.3 is 11.1 Å². The van der Waals surface area contributed by atoms with Crippen LogP contribution in [-0.2, 0) is 0 Å². The van der Waals surface area contributed by atoms with E-state index in [-0.39, 0.29) is 5.02 Å². The van der Waals surface area contributed by atoms with E-state index in [1.807, 2.05) is 0 Å². The van der Waals surface area contributed by atoms with Gasteiger partial charge in [-0.2, -0.15) is 0 Å². The summed E-state index contributed by atoms with van der Waals surface area (Å²) in [6.45, 7) is 2.18. The van der Waals surface area contributed by atoms with E-state index >= 15 is 0 Å². The molecule has 2 bridgehead atoms. The van der Waals surface area contributed by atoms with E-state index in [9.17, 15) is 4.39 Å². The molecule has 0 amide bonds. The van der Waals surface area contributed by atoms with Gasteiger partial charge in [-0.3, -0.25) is 0 Å². The van der Waals surface area contributed by atoms with Crippen LogP contribution in [0.25, 0.3) is 0 Å². The fourth-order valence-electron chi connectivity index (χ4n) is 3.95. The van der Waals surface area contributed by atoms with Crippen molar-refractivity contribution in [1.29, 1.82) is 0 Å². The van der Waals surface area contributed by atoms with Gasteiger partial charge in [0.1, 0.15) is 5.82 Å². The average molecular weight is 283 g/mol. The van der Waals surface area contributed by atoms with Gasteiger partial charge in [0.2, 0.25) is 0 Å². The Bertz CT molecular complexity index is 491. The molecule has 4 atom stereocenters. The third-order valence-electron chi connectivity index (χ3n) is 4.91. The van der Waals surface area contributed by atoms with Crippen LogP contribution in [0.3, 0.4) is 0 Å². The normalized spacial score (nSPS) is 30.6. The summed E-state index contributed by atoms with van der Waals surface area (Å²) in [5.74, 6) is 2.03. The molecule has 0 aliphatic heterocycles. The van der Waals surface area contributed by atoms with E-state index in [1.54, 1.807) is 0 Å². The largest absolute Gasteiger partial charge is 0.397 e. The van der Waals surface area contributed by atoms with Crippen LogP contribution in [0.5, 0.6) is 0 Å². The molecule has 19 heavy (non-hydrogen) atoms. The Morgan fingerprint density at radius 1 is 1.37 bits per heavy atom. The number of rotatable bonds is 3. The van der Waals surface area contributed by atoms with Crippen LogP contribution in [0.2, 0.25) is 5.02 Å². The second-order valence-electron chi connectivity index (χ2n) is 6.13. The van der Waals surface area contributed by atoms with Crippen LogP contribution >= 0.6 is 11.6 Å². The molecular formula is C15H20ClFN2. The standard InChI is InChI=1S/C15H20ClFN2/c1-8(11-5-9-2-3-10(11)4-9)19-15-7-13(17)12(16)6-14(15)18/h6-11,19H,2-5,18H2,1H3. The van der Waals surface area contributed by atoms with Crippen LogP contribution < -0.4 is 11.1 Å². The minimum absolute atomic E-state index is 0.0793. The number of nitrogens with two attached hydrogens (primary N) is 1. The number of anilines is 2. The van der Waals surface area contributed by atoms with Crippen molar-refractivity contribution in [3.8, 4) is 0 Å². The van der Waals surface area contributed by atoms with Crippen LogP contribution in [0.15, 0.2) is 12.1 Å². The average Bonchev–Trinajstić information content (AvgIpc) is 2.98. The molecule has 1 aromatic carbocycles. The van der Waals surface area contributed by atoms with Gasteiger partial charge >= 0.3 is 0 Å². The number of hydrogen-bond acceptors (Lipinski definition) is 2. The van der Waals surface area contributed by atoms with Crippen molar-refractivity contribution in [2.75, 3.05) is 11.1 Å². The Hall–Kier alpha value is -0.960. The number of nitrogens with one attached hydrogen (secondary N) is 1. The first-order chi connectivity index (χ1) is 9.04. The Morgan fingerprint density at radius 3 is 2.79 bits per heavy atom. The van der Waals surface area contributed by atoms with Gasteiger partial charge in [-0.15, -0.1) is 0 Å². The summed E-state index contributed by atoms with van der Waals surface area (Å²) in [6, 6.07) is 3.21. The minimum atomic E-state index is -0.418. The Balaban J connectivity index is 1.73. The lowest BCUT2D eigenvalue weighted by molar-refractivity contribution is 0.304. The van der Waals surface area contributed by atoms with Gasteiger partial charge in [-0.1, -0.05) is 18.0 Å². The van der Waals surface area contributed by atoms with Crippen molar-refractivity contribution < 1.29 is 4.39 Å². The highest BCUT2D eigenvalue weighted by atomic mass is 35.5. The summed E-state index contributed by atoms with van der Waals surface area (Å²) >= 11 is 5.72. The van der Waals surface area contributed by atoms with E-state index in [2.05, 4.69) is 12.2 Å². The van der Waals surface area contributed by atoms with Crippen LogP contribution in [-0.4, -0.2) is 6.04 Å². The first-order valence-corrected chi connectivity index (χ1v) is 7.43. The molecule has 2 saturated carbocycles. The third kappa shape index (κ3) is 2.40. The van der Waals surface area contributed by atoms with Gasteiger partial charge in [0.05, 0.1) is 16.4 Å². The zero-order valence-electron chi connectivity index (χ0n) is 11.1. The number of benzene rings is 1. The van der Waals surface area contributed by atoms with Gasteiger partial charge in [-0.25, -0.2) is 4.39 Å². The molecule has 1 aromatic rings. The van der Waals surface area contributed by atoms with Crippen molar-refractivity contribution in [2.24, 2.45) is 17.8 Å². The van der Waals surface area contributed by atoms with Gasteiger partial charge in [0, 0.05) is 12.1 Å². The molecule has 2 nitrogen and oxygen atoms in total. The quantitative estimate of drug-likeness (QED) is 0.811. The fourth-order valence-corrected chi connectivity index (χ4v) is 4.12. The minimum Gasteiger partial charge on any atom is -0.397 e. The SMILES string of the molecule is CC(Nc1cc(F)c(Cl)cc1N)C1CC2CCC1C2. The summed E-state index contributed by atoms with van der Waals surface area (Å²) in [4.78, 5) is 0. The molecule has 0 saturated heterocycles. The van der Waals surface area contributed by atoms with Crippen LogP contribution in [0.1, 0.15) is 32.6 Å². The molecule has 3 N–H and O–H groups in total. The number of fused-ring (bicyclic) bond motifs is 2. The zero-order valence-corrected chi connectivity index (χ0v) is 11.9. The lowest BCUT2D eigenvalue weighted by Gasteiger charge is -2.29. The molecule has 2 aliphatic carbocycles. The van der Waals surface area contributed by atoms with Gasteiger partial charge in [0.25, 0.3) is 0 Å². The van der Waals surface area contributed by atoms with E-state index in [1.165, 1.54) is 37.8 Å². The molecule has 4 heteroatoms. The van der Waals surface area contributed by atoms with Crippen LogP contribution in [0, 0.1) is 23.6 Å². The van der Waals surface area contributed by atoms with Gasteiger partial charge in [-0.05, 0) is 50.0 Å². The summed E-state index contributed by atoms with van der Waals surface area (Å²) in [6.07, 6.45) is 5.42. The second-order valence-corrected chi connectivity index (χ2v) is 6.53. The lowest BCUT2D eigenvalue weighted by atomic mass is 9.84. The molecule has 0 heterocycles. The van der Waals surface area contributed by atoms with Gasteiger partial charge in [0.15, 0.2) is 0 Å². The maximum Gasteiger partial charge on any atom is 0.143 e. The molecule has 4 unspecified atom stereocenters. The lowest BCUT2D eigenvalue weighted by Crippen LogP contribution is -2.30. The smallest absolute Gasteiger partial charge is 0.143 e. The predicted molar refractivity (Wildman–Crippen MR) is 77.8 cm³/mol. The summed E-state index contributed by atoms with van der Waals surface area (Å²) in [5, 5.41) is 3.46. The molecule has 0 spiro atoms. The third-order valence-corrected chi connectivity index (χ3v) is 5.20. The molecule has 104 valence electrons. The highest BCUT2D eigenvalue weighted by Gasteiger charge is 2.41. The predicted octanol–water partition coefficient (Wildman–Crippen LogP) is 4.30. The fraction of sp³-hybridized carbons (Fsp3) is 0.600. The van der Waals surface area contributed by atoms with E-state index in [4.69, 9.17) is 17.3 Å². The van der Waals surface area contributed by atoms with E-state index in [0.717, 1.165) is 11.8 Å². The molecule has 3 rings (SSSR count). The molecule has 2 aliphatic rings. The van der Waals surface area contributed by atoms with Crippen LogP contribution in [0.4, 0.5) is 15.8 Å². The number of hydrogen-bond donors (Lipinski definition) is 2. The highest BCUT2D eigenvalue weighted by molar-refractivity contribution is 6.31. The number of halogens is 2. The topological polar surface area (TPSA) is 38.0 Å². The summed E-state index contributed by atoms with van der Waals surface area (Å²) < 4.78 is 13.5. The monoisotopic (exact) mass is 282 g/mol. The maximum atomic E-state index is 13.5. The highest BCUT2D eigenvalue weighted by Crippen LogP contribution is 2.50. The molecular weight excluding hydrogens is 263 g/mol. The van der Waals surface area contributed by atoms with E-state index < -0.39 is 5.82 Å². The first kappa shape index (κ1) is 13.0. The molecule has 2 fully saturated rings. The second kappa shape index (κ2) is 4.86. The maximum absolute atomic E-state index is 13.5. The van der Waals surface area contributed by atoms with Crippen molar-refractivity contribution in [1.82, 2.24) is 0 Å². The Kier molecular flexibility index (Phi) is 3.34. The summed E-state index contributed by atoms with van der Waals surface area (Å²) in [5.41, 5.74) is 7.08. The zero-order chi connectivity index (χ0) is 13.6. The first-order valence-electron chi connectivity index (χ1n) is 7.05. The Labute approximate surface area is 118 Å².